The Morgan fingerprint density at radius 2 is 2.31 bits per heavy atom. The molecule has 0 aliphatic rings. The second-order valence-electron chi connectivity index (χ2n) is 3.14. The highest BCUT2D eigenvalue weighted by atomic mass is 35.5. The van der Waals surface area contributed by atoms with E-state index in [-0.39, 0.29) is 10.3 Å². The number of aromatic nitrogens is 2. The van der Waals surface area contributed by atoms with Crippen LogP contribution in [0.25, 0.3) is 0 Å². The molecule has 2 aromatic rings. The molecule has 1 heterocycles. The highest BCUT2D eigenvalue weighted by Gasteiger charge is 2.11. The first kappa shape index (κ1) is 11.8. The standard InChI is InChI=1S/C10H8ClFN2S2/c1-6(16-10-14-13-5-15-10)7-2-3-9(12)8(11)4-7/h2-6H,1H3/t6-/m1/s1. The van der Waals surface area contributed by atoms with Crippen molar-refractivity contribution in [1.82, 2.24) is 10.2 Å². The predicted octanol–water partition coefficient (Wildman–Crippen LogP) is 4.18. The molecule has 6 heteroatoms. The van der Waals surface area contributed by atoms with Crippen LogP contribution in [0.3, 0.4) is 0 Å². The van der Waals surface area contributed by atoms with E-state index in [0.29, 0.717) is 0 Å². The van der Waals surface area contributed by atoms with Gasteiger partial charge in [-0.15, -0.1) is 10.2 Å². The summed E-state index contributed by atoms with van der Waals surface area (Å²) in [6, 6.07) is 4.77. The van der Waals surface area contributed by atoms with Gasteiger partial charge in [-0.3, -0.25) is 0 Å². The van der Waals surface area contributed by atoms with Gasteiger partial charge in [-0.2, -0.15) is 0 Å². The molecule has 0 aliphatic carbocycles. The van der Waals surface area contributed by atoms with Crippen molar-refractivity contribution in [2.45, 2.75) is 16.5 Å². The molecule has 0 bridgehead atoms. The molecule has 0 saturated carbocycles. The van der Waals surface area contributed by atoms with Crippen LogP contribution in [0, 0.1) is 5.82 Å². The van der Waals surface area contributed by atoms with Gasteiger partial charge in [0.25, 0.3) is 0 Å². The van der Waals surface area contributed by atoms with Crippen LogP contribution in [0.2, 0.25) is 5.02 Å². The van der Waals surface area contributed by atoms with Crippen molar-refractivity contribution in [2.75, 3.05) is 0 Å². The lowest BCUT2D eigenvalue weighted by Gasteiger charge is -2.09. The summed E-state index contributed by atoms with van der Waals surface area (Å²) in [6.07, 6.45) is 0. The Morgan fingerprint density at radius 3 is 2.94 bits per heavy atom. The molecule has 0 radical (unpaired) electrons. The topological polar surface area (TPSA) is 25.8 Å². The minimum atomic E-state index is -0.390. The van der Waals surface area contributed by atoms with E-state index in [0.717, 1.165) is 9.90 Å². The lowest BCUT2D eigenvalue weighted by molar-refractivity contribution is 0.627. The number of hydrogen-bond acceptors (Lipinski definition) is 4. The van der Waals surface area contributed by atoms with Gasteiger partial charge in [-0.05, 0) is 24.6 Å². The van der Waals surface area contributed by atoms with E-state index in [1.807, 2.05) is 6.92 Å². The maximum Gasteiger partial charge on any atom is 0.174 e. The van der Waals surface area contributed by atoms with Gasteiger partial charge < -0.3 is 0 Å². The van der Waals surface area contributed by atoms with Crippen LogP contribution in [0.4, 0.5) is 4.39 Å². The molecule has 0 amide bonds. The highest BCUT2D eigenvalue weighted by Crippen LogP contribution is 2.36. The maximum absolute atomic E-state index is 13.0. The van der Waals surface area contributed by atoms with Gasteiger partial charge in [0.2, 0.25) is 0 Å². The maximum atomic E-state index is 13.0. The molecule has 0 N–H and O–H groups in total. The zero-order valence-electron chi connectivity index (χ0n) is 8.35. The summed E-state index contributed by atoms with van der Waals surface area (Å²) in [4.78, 5) is 0. The number of nitrogens with zero attached hydrogens (tertiary/aromatic N) is 2. The number of thioether (sulfide) groups is 1. The molecule has 0 aliphatic heterocycles. The molecule has 0 fully saturated rings. The Hall–Kier alpha value is -0.650. The largest absolute Gasteiger partial charge is 0.205 e. The Balaban J connectivity index is 2.14. The highest BCUT2D eigenvalue weighted by molar-refractivity contribution is 8.01. The minimum Gasteiger partial charge on any atom is -0.205 e. The Labute approximate surface area is 106 Å². The molecule has 1 aromatic carbocycles. The molecule has 0 unspecified atom stereocenters. The van der Waals surface area contributed by atoms with E-state index in [1.165, 1.54) is 17.4 Å². The van der Waals surface area contributed by atoms with Crippen molar-refractivity contribution in [2.24, 2.45) is 0 Å². The fourth-order valence-electron chi connectivity index (χ4n) is 1.20. The first-order valence-corrected chi connectivity index (χ1v) is 6.68. The first-order valence-electron chi connectivity index (χ1n) is 4.54. The SMILES string of the molecule is C[C@@H](Sc1nncs1)c1ccc(F)c(Cl)c1. The lowest BCUT2D eigenvalue weighted by Crippen LogP contribution is -1.89. The fourth-order valence-corrected chi connectivity index (χ4v) is 3.13. The van der Waals surface area contributed by atoms with E-state index in [9.17, 15) is 4.39 Å². The van der Waals surface area contributed by atoms with E-state index < -0.39 is 5.82 Å². The van der Waals surface area contributed by atoms with Crippen LogP contribution in [0.1, 0.15) is 17.7 Å². The van der Waals surface area contributed by atoms with Crippen molar-refractivity contribution in [3.63, 3.8) is 0 Å². The van der Waals surface area contributed by atoms with Crippen LogP contribution in [0.15, 0.2) is 28.0 Å². The zero-order valence-corrected chi connectivity index (χ0v) is 10.7. The summed E-state index contributed by atoms with van der Waals surface area (Å²) in [6.45, 7) is 2.02. The van der Waals surface area contributed by atoms with Crippen LogP contribution in [-0.4, -0.2) is 10.2 Å². The van der Waals surface area contributed by atoms with Crippen LogP contribution >= 0.6 is 34.7 Å². The summed E-state index contributed by atoms with van der Waals surface area (Å²) in [5.41, 5.74) is 2.67. The molecule has 0 saturated heterocycles. The Morgan fingerprint density at radius 1 is 1.50 bits per heavy atom. The van der Waals surface area contributed by atoms with Crippen molar-refractivity contribution < 1.29 is 4.39 Å². The Bertz CT molecular complexity index is 476. The van der Waals surface area contributed by atoms with Crippen molar-refractivity contribution in [1.29, 1.82) is 0 Å². The third-order valence-electron chi connectivity index (χ3n) is 2.03. The van der Waals surface area contributed by atoms with Gasteiger partial charge in [-0.1, -0.05) is 40.8 Å². The summed E-state index contributed by atoms with van der Waals surface area (Å²) < 4.78 is 13.9. The van der Waals surface area contributed by atoms with Gasteiger partial charge in [0, 0.05) is 5.25 Å². The van der Waals surface area contributed by atoms with Gasteiger partial charge in [0.05, 0.1) is 5.02 Å². The average Bonchev–Trinajstić information content (AvgIpc) is 2.74. The van der Waals surface area contributed by atoms with Crippen LogP contribution in [0.5, 0.6) is 0 Å². The van der Waals surface area contributed by atoms with E-state index >= 15 is 0 Å². The third-order valence-corrected chi connectivity index (χ3v) is 4.29. The molecule has 84 valence electrons. The number of rotatable bonds is 3. The van der Waals surface area contributed by atoms with Crippen LogP contribution in [-0.2, 0) is 0 Å². The molecular formula is C10H8ClFN2S2. The average molecular weight is 275 g/mol. The van der Waals surface area contributed by atoms with Crippen molar-refractivity contribution >= 4 is 34.7 Å². The van der Waals surface area contributed by atoms with Crippen molar-refractivity contribution in [3.05, 3.63) is 40.1 Å². The quantitative estimate of drug-likeness (QED) is 0.785. The minimum absolute atomic E-state index is 0.155. The normalized spacial score (nSPS) is 12.7. The van der Waals surface area contributed by atoms with Gasteiger partial charge in [-0.25, -0.2) is 4.39 Å². The van der Waals surface area contributed by atoms with E-state index in [4.69, 9.17) is 11.6 Å². The molecule has 1 aromatic heterocycles. The van der Waals surface area contributed by atoms with E-state index in [1.54, 1.807) is 29.4 Å². The zero-order chi connectivity index (χ0) is 11.5. The first-order chi connectivity index (χ1) is 7.66. The third kappa shape index (κ3) is 2.72. The smallest absolute Gasteiger partial charge is 0.174 e. The number of benzene rings is 1. The second kappa shape index (κ2) is 5.12. The molecule has 1 atom stereocenters. The Kier molecular flexibility index (Phi) is 3.78. The fraction of sp³-hybridized carbons (Fsp3) is 0.200. The molecular weight excluding hydrogens is 267 g/mol. The van der Waals surface area contributed by atoms with E-state index in [2.05, 4.69) is 10.2 Å². The summed E-state index contributed by atoms with van der Waals surface area (Å²) in [5.74, 6) is -0.390. The lowest BCUT2D eigenvalue weighted by atomic mass is 10.2. The molecule has 2 rings (SSSR count). The summed E-state index contributed by atoms with van der Waals surface area (Å²) >= 11 is 8.80. The summed E-state index contributed by atoms with van der Waals surface area (Å²) in [7, 11) is 0. The van der Waals surface area contributed by atoms with Crippen molar-refractivity contribution in [3.8, 4) is 0 Å². The molecule has 16 heavy (non-hydrogen) atoms. The molecule has 2 nitrogen and oxygen atoms in total. The van der Waals surface area contributed by atoms with Crippen LogP contribution < -0.4 is 0 Å². The molecule has 0 spiro atoms. The number of hydrogen-bond donors (Lipinski definition) is 0. The van der Waals surface area contributed by atoms with Gasteiger partial charge in [0.1, 0.15) is 11.3 Å². The van der Waals surface area contributed by atoms with Gasteiger partial charge >= 0.3 is 0 Å². The predicted molar refractivity (Wildman–Crippen MR) is 65.6 cm³/mol. The summed E-state index contributed by atoms with van der Waals surface area (Å²) in [5, 5.41) is 8.04. The second-order valence-corrected chi connectivity index (χ2v) is 5.97. The van der Waals surface area contributed by atoms with Gasteiger partial charge in [0.15, 0.2) is 4.34 Å². The number of halogens is 2. The monoisotopic (exact) mass is 274 g/mol.